The van der Waals surface area contributed by atoms with Gasteiger partial charge in [-0.05, 0) is 40.3 Å². The van der Waals surface area contributed by atoms with Gasteiger partial charge in [0.25, 0.3) is 11.9 Å². The minimum atomic E-state index is -0.528. The molecule has 0 unspecified atom stereocenters. The highest BCUT2D eigenvalue weighted by Crippen LogP contribution is 2.10. The number of benzene rings is 1. The number of nitrogens with zero attached hydrogens (tertiary/aromatic N) is 5. The van der Waals surface area contributed by atoms with Crippen LogP contribution in [0, 0.1) is 0 Å². The largest absolute Gasteiger partial charge is 0.484 e. The number of amides is 1. The van der Waals surface area contributed by atoms with Crippen molar-refractivity contribution in [2.24, 2.45) is 10.8 Å². The van der Waals surface area contributed by atoms with Crippen LogP contribution in [0.25, 0.3) is 0 Å². The molecule has 0 aliphatic carbocycles. The highest BCUT2D eigenvalue weighted by atomic mass is 16.5. The van der Waals surface area contributed by atoms with Crippen LogP contribution in [0.1, 0.15) is 5.56 Å². The first-order chi connectivity index (χ1) is 9.15. The Morgan fingerprint density at radius 3 is 2.74 bits per heavy atom. The Balaban J connectivity index is 2.01. The SMILES string of the molecule is NC(=O)COc1ccc(C=Nn2nnnc2N)cc1. The third-order valence-corrected chi connectivity index (χ3v) is 2.05. The summed E-state index contributed by atoms with van der Waals surface area (Å²) in [6.07, 6.45) is 1.53. The van der Waals surface area contributed by atoms with Crippen molar-refractivity contribution in [2.45, 2.75) is 0 Å². The highest BCUT2D eigenvalue weighted by Gasteiger charge is 1.98. The monoisotopic (exact) mass is 261 g/mol. The maximum Gasteiger partial charge on any atom is 0.263 e. The number of hydrogen-bond donors (Lipinski definition) is 2. The van der Waals surface area contributed by atoms with Gasteiger partial charge in [-0.2, -0.15) is 5.10 Å². The molecule has 0 fully saturated rings. The van der Waals surface area contributed by atoms with Gasteiger partial charge in [0.2, 0.25) is 0 Å². The molecule has 0 spiro atoms. The van der Waals surface area contributed by atoms with Crippen LogP contribution in [-0.4, -0.2) is 39.0 Å². The summed E-state index contributed by atoms with van der Waals surface area (Å²) in [5, 5.41) is 14.3. The van der Waals surface area contributed by atoms with E-state index in [2.05, 4.69) is 20.6 Å². The minimum Gasteiger partial charge on any atom is -0.484 e. The number of rotatable bonds is 5. The van der Waals surface area contributed by atoms with Crippen molar-refractivity contribution < 1.29 is 9.53 Å². The molecular weight excluding hydrogens is 250 g/mol. The first-order valence-corrected chi connectivity index (χ1v) is 5.24. The summed E-state index contributed by atoms with van der Waals surface area (Å²) >= 11 is 0. The first kappa shape index (κ1) is 12.5. The smallest absolute Gasteiger partial charge is 0.263 e. The summed E-state index contributed by atoms with van der Waals surface area (Å²) in [6, 6.07) is 6.88. The second-order valence-electron chi connectivity index (χ2n) is 3.50. The molecule has 1 aromatic heterocycles. The van der Waals surface area contributed by atoms with Gasteiger partial charge in [0.1, 0.15) is 5.75 Å². The molecule has 4 N–H and O–H groups in total. The third-order valence-electron chi connectivity index (χ3n) is 2.05. The lowest BCUT2D eigenvalue weighted by molar-refractivity contribution is -0.119. The van der Waals surface area contributed by atoms with E-state index in [1.165, 1.54) is 6.21 Å². The molecule has 0 radical (unpaired) electrons. The summed E-state index contributed by atoms with van der Waals surface area (Å²) in [6.45, 7) is -0.158. The van der Waals surface area contributed by atoms with Crippen molar-refractivity contribution in [3.8, 4) is 5.75 Å². The molecular formula is C10H11N7O2. The second kappa shape index (κ2) is 5.58. The number of nitrogen functional groups attached to an aromatic ring is 1. The van der Waals surface area contributed by atoms with Gasteiger partial charge in [-0.15, -0.1) is 0 Å². The van der Waals surface area contributed by atoms with Crippen molar-refractivity contribution in [3.63, 3.8) is 0 Å². The summed E-state index contributed by atoms with van der Waals surface area (Å²) in [4.78, 5) is 11.6. The highest BCUT2D eigenvalue weighted by molar-refractivity contribution is 5.79. The average Bonchev–Trinajstić information content (AvgIpc) is 2.81. The maximum absolute atomic E-state index is 10.5. The number of ether oxygens (including phenoxy) is 1. The van der Waals surface area contributed by atoms with Gasteiger partial charge in [0.15, 0.2) is 6.61 Å². The van der Waals surface area contributed by atoms with E-state index in [4.69, 9.17) is 16.2 Å². The number of aromatic nitrogens is 4. The molecule has 2 aromatic rings. The van der Waals surface area contributed by atoms with Gasteiger partial charge in [0, 0.05) is 0 Å². The molecule has 0 aliphatic heterocycles. The number of nitrogens with two attached hydrogens (primary N) is 2. The number of primary amides is 1. The van der Waals surface area contributed by atoms with Crippen LogP contribution in [0.15, 0.2) is 29.4 Å². The molecule has 0 bridgehead atoms. The number of tetrazole rings is 1. The Morgan fingerprint density at radius 2 is 2.16 bits per heavy atom. The number of anilines is 1. The summed E-state index contributed by atoms with van der Waals surface area (Å²) in [5.74, 6) is 0.107. The Labute approximate surface area is 107 Å². The quantitative estimate of drug-likeness (QED) is 0.663. The molecule has 98 valence electrons. The Kier molecular flexibility index (Phi) is 3.67. The normalized spacial score (nSPS) is 10.7. The van der Waals surface area contributed by atoms with Crippen LogP contribution in [-0.2, 0) is 4.79 Å². The first-order valence-electron chi connectivity index (χ1n) is 5.24. The predicted octanol–water partition coefficient (Wildman–Crippen LogP) is -0.998. The van der Waals surface area contributed by atoms with E-state index in [1.54, 1.807) is 24.3 Å². The van der Waals surface area contributed by atoms with Crippen LogP contribution in [0.2, 0.25) is 0 Å². The van der Waals surface area contributed by atoms with E-state index in [1.807, 2.05) is 0 Å². The molecule has 0 atom stereocenters. The van der Waals surface area contributed by atoms with Crippen molar-refractivity contribution in [1.29, 1.82) is 0 Å². The third kappa shape index (κ3) is 3.49. The minimum absolute atomic E-state index is 0.0951. The second-order valence-corrected chi connectivity index (χ2v) is 3.50. The fourth-order valence-electron chi connectivity index (χ4n) is 1.20. The van der Waals surface area contributed by atoms with Gasteiger partial charge >= 0.3 is 0 Å². The Bertz CT molecular complexity index is 590. The standard InChI is InChI=1S/C10H11N7O2/c11-9(18)6-19-8-3-1-7(2-4-8)5-13-17-10(12)14-15-16-17/h1-5H,6H2,(H2,11,18)(H2,12,14,16). The molecule has 9 heteroatoms. The van der Waals surface area contributed by atoms with Gasteiger partial charge in [-0.1, -0.05) is 9.89 Å². The topological polar surface area (TPSA) is 134 Å². The van der Waals surface area contributed by atoms with Gasteiger partial charge in [0.05, 0.1) is 6.21 Å². The lowest BCUT2D eigenvalue weighted by Gasteiger charge is -2.03. The maximum atomic E-state index is 10.5. The van der Waals surface area contributed by atoms with Crippen molar-refractivity contribution >= 4 is 18.1 Å². The van der Waals surface area contributed by atoms with E-state index in [0.717, 1.165) is 10.4 Å². The number of carbonyl (C=O) groups excluding carboxylic acids is 1. The molecule has 2 rings (SSSR count). The number of carbonyl (C=O) groups is 1. The van der Waals surface area contributed by atoms with Crippen LogP contribution in [0.3, 0.4) is 0 Å². The molecule has 9 nitrogen and oxygen atoms in total. The van der Waals surface area contributed by atoms with Crippen LogP contribution >= 0.6 is 0 Å². The zero-order chi connectivity index (χ0) is 13.7. The Morgan fingerprint density at radius 1 is 1.42 bits per heavy atom. The van der Waals surface area contributed by atoms with Crippen molar-refractivity contribution in [3.05, 3.63) is 29.8 Å². The van der Waals surface area contributed by atoms with E-state index >= 15 is 0 Å². The molecule has 0 saturated carbocycles. The van der Waals surface area contributed by atoms with E-state index in [-0.39, 0.29) is 12.6 Å². The summed E-state index contributed by atoms with van der Waals surface area (Å²) < 4.78 is 5.12. The lowest BCUT2D eigenvalue weighted by atomic mass is 10.2. The fraction of sp³-hybridized carbons (Fsp3) is 0.100. The van der Waals surface area contributed by atoms with Crippen LogP contribution < -0.4 is 16.2 Å². The van der Waals surface area contributed by atoms with Crippen LogP contribution in [0.5, 0.6) is 5.75 Å². The van der Waals surface area contributed by atoms with Gasteiger partial charge < -0.3 is 16.2 Å². The van der Waals surface area contributed by atoms with Crippen molar-refractivity contribution in [1.82, 2.24) is 20.3 Å². The zero-order valence-electron chi connectivity index (χ0n) is 9.80. The van der Waals surface area contributed by atoms with Gasteiger partial charge in [-0.25, -0.2) is 0 Å². The average molecular weight is 261 g/mol. The van der Waals surface area contributed by atoms with E-state index < -0.39 is 5.91 Å². The summed E-state index contributed by atoms with van der Waals surface area (Å²) in [7, 11) is 0. The predicted molar refractivity (Wildman–Crippen MR) is 66.4 cm³/mol. The van der Waals surface area contributed by atoms with Gasteiger partial charge in [-0.3, -0.25) is 4.79 Å². The molecule has 1 amide bonds. The molecule has 1 heterocycles. The van der Waals surface area contributed by atoms with E-state index in [0.29, 0.717) is 5.75 Å². The van der Waals surface area contributed by atoms with E-state index in [9.17, 15) is 4.79 Å². The molecule has 0 aliphatic rings. The Hall–Kier alpha value is -2.97. The summed E-state index contributed by atoms with van der Waals surface area (Å²) in [5.41, 5.74) is 11.2. The molecule has 0 saturated heterocycles. The molecule has 19 heavy (non-hydrogen) atoms. The zero-order valence-corrected chi connectivity index (χ0v) is 9.80. The number of hydrogen-bond acceptors (Lipinski definition) is 7. The van der Waals surface area contributed by atoms with Crippen LogP contribution in [0.4, 0.5) is 5.95 Å². The lowest BCUT2D eigenvalue weighted by Crippen LogP contribution is -2.19. The van der Waals surface area contributed by atoms with Crippen molar-refractivity contribution in [2.75, 3.05) is 12.3 Å². The molecule has 1 aromatic carbocycles. The fourth-order valence-corrected chi connectivity index (χ4v) is 1.20.